The van der Waals surface area contributed by atoms with E-state index in [-0.39, 0.29) is 12.5 Å². The molecule has 0 bridgehead atoms. The fourth-order valence-corrected chi connectivity index (χ4v) is 1.89. The fraction of sp³-hybridized carbons (Fsp3) is 0.375. The van der Waals surface area contributed by atoms with Crippen LogP contribution in [0.5, 0.6) is 0 Å². The fourth-order valence-electron chi connectivity index (χ4n) is 1.89. The maximum Gasteiger partial charge on any atom is 0.326 e. The van der Waals surface area contributed by atoms with E-state index >= 15 is 0 Å². The molecule has 0 heterocycles. The molecule has 0 aliphatic rings. The van der Waals surface area contributed by atoms with Gasteiger partial charge in [-0.15, -0.1) is 6.42 Å². The third kappa shape index (κ3) is 6.00. The Morgan fingerprint density at radius 3 is 2.48 bits per heavy atom. The zero-order chi connectivity index (χ0) is 15.7. The van der Waals surface area contributed by atoms with E-state index in [4.69, 9.17) is 6.42 Å². The van der Waals surface area contributed by atoms with Gasteiger partial charge < -0.3 is 15.7 Å². The molecule has 0 fully saturated rings. The number of carboxylic acids is 1. The van der Waals surface area contributed by atoms with Crippen LogP contribution >= 0.6 is 0 Å². The largest absolute Gasteiger partial charge is 0.480 e. The molecule has 0 saturated carbocycles. The van der Waals surface area contributed by atoms with Gasteiger partial charge in [0, 0.05) is 6.42 Å². The lowest BCUT2D eigenvalue weighted by Gasteiger charge is -2.17. The number of hydrogen-bond donors (Lipinski definition) is 3. The van der Waals surface area contributed by atoms with Gasteiger partial charge in [0.05, 0.1) is 6.04 Å². The Morgan fingerprint density at radius 2 is 1.95 bits per heavy atom. The minimum atomic E-state index is -1.08. The molecule has 1 rings (SSSR count). The highest BCUT2D eigenvalue weighted by Crippen LogP contribution is 2.03. The molecule has 2 unspecified atom stereocenters. The van der Waals surface area contributed by atoms with Crippen molar-refractivity contribution in [2.45, 2.75) is 38.3 Å². The first-order chi connectivity index (χ1) is 10.1. The number of nitrogens with one attached hydrogen (secondary N) is 2. The topological polar surface area (TPSA) is 78.4 Å². The van der Waals surface area contributed by atoms with Gasteiger partial charge in [-0.3, -0.25) is 0 Å². The van der Waals surface area contributed by atoms with Crippen molar-refractivity contribution < 1.29 is 14.7 Å². The first-order valence-corrected chi connectivity index (χ1v) is 6.86. The summed E-state index contributed by atoms with van der Waals surface area (Å²) < 4.78 is 0. The van der Waals surface area contributed by atoms with Crippen molar-refractivity contribution in [2.75, 3.05) is 0 Å². The van der Waals surface area contributed by atoms with Gasteiger partial charge in [-0.05, 0) is 12.0 Å². The quantitative estimate of drug-likeness (QED) is 0.669. The van der Waals surface area contributed by atoms with E-state index in [0.29, 0.717) is 6.42 Å². The highest BCUT2D eigenvalue weighted by molar-refractivity contribution is 5.83. The molecule has 0 saturated heterocycles. The molecule has 0 aromatic heterocycles. The van der Waals surface area contributed by atoms with E-state index in [2.05, 4.69) is 16.6 Å². The molecular weight excluding hydrogens is 268 g/mol. The van der Waals surface area contributed by atoms with Crippen molar-refractivity contribution in [3.63, 3.8) is 0 Å². The van der Waals surface area contributed by atoms with Crippen LogP contribution in [-0.4, -0.2) is 29.2 Å². The molecule has 0 aliphatic carbocycles. The number of amides is 2. The molecule has 1 aromatic rings. The molecule has 112 valence electrons. The second-order valence-electron chi connectivity index (χ2n) is 4.71. The number of hydrogen-bond acceptors (Lipinski definition) is 2. The smallest absolute Gasteiger partial charge is 0.326 e. The van der Waals surface area contributed by atoms with Crippen molar-refractivity contribution in [1.29, 1.82) is 0 Å². The number of rotatable bonds is 7. The highest BCUT2D eigenvalue weighted by atomic mass is 16.4. The van der Waals surface area contributed by atoms with Gasteiger partial charge in [-0.1, -0.05) is 49.6 Å². The average molecular weight is 288 g/mol. The highest BCUT2D eigenvalue weighted by Gasteiger charge is 2.21. The Kier molecular flexibility index (Phi) is 6.82. The lowest BCUT2D eigenvalue weighted by molar-refractivity contribution is -0.139. The third-order valence-corrected chi connectivity index (χ3v) is 2.97. The molecule has 0 radical (unpaired) electrons. The van der Waals surface area contributed by atoms with Crippen molar-refractivity contribution in [3.05, 3.63) is 35.9 Å². The van der Waals surface area contributed by atoms with Crippen LogP contribution in [-0.2, 0) is 11.2 Å². The van der Waals surface area contributed by atoms with Crippen LogP contribution < -0.4 is 10.6 Å². The Bertz CT molecular complexity index is 508. The summed E-state index contributed by atoms with van der Waals surface area (Å²) in [6, 6.07) is 7.19. The van der Waals surface area contributed by atoms with Crippen molar-refractivity contribution in [3.8, 4) is 12.3 Å². The van der Waals surface area contributed by atoms with E-state index in [9.17, 15) is 14.7 Å². The van der Waals surface area contributed by atoms with Crippen LogP contribution in [0.15, 0.2) is 30.3 Å². The standard InChI is InChI=1S/C16H20N2O3/c1-3-8-13(4-2)17-16(21)18-14(15(19)20)11-12-9-6-5-7-10-12/h2,5-7,9-10,13-14H,3,8,11H2,1H3,(H,19,20)(H2,17,18,21). The van der Waals surface area contributed by atoms with Gasteiger partial charge in [-0.2, -0.15) is 0 Å². The molecule has 0 aliphatic heterocycles. The van der Waals surface area contributed by atoms with Crippen molar-refractivity contribution in [1.82, 2.24) is 10.6 Å². The summed E-state index contributed by atoms with van der Waals surface area (Å²) in [6.45, 7) is 1.96. The van der Waals surface area contributed by atoms with Crippen LogP contribution in [0.1, 0.15) is 25.3 Å². The van der Waals surface area contributed by atoms with E-state index in [1.807, 2.05) is 37.3 Å². The molecule has 5 heteroatoms. The zero-order valence-corrected chi connectivity index (χ0v) is 12.0. The molecule has 0 spiro atoms. The Hall–Kier alpha value is -2.48. The Balaban J connectivity index is 2.60. The normalized spacial score (nSPS) is 12.8. The number of aliphatic carboxylic acids is 1. The first-order valence-electron chi connectivity index (χ1n) is 6.86. The third-order valence-electron chi connectivity index (χ3n) is 2.97. The summed E-state index contributed by atoms with van der Waals surface area (Å²) in [4.78, 5) is 23.0. The SMILES string of the molecule is C#CC(CCC)NC(=O)NC(Cc1ccccc1)C(=O)O. The van der Waals surface area contributed by atoms with Gasteiger partial charge in [-0.25, -0.2) is 9.59 Å². The van der Waals surface area contributed by atoms with Crippen LogP contribution in [0.25, 0.3) is 0 Å². The minimum absolute atomic E-state index is 0.220. The maximum absolute atomic E-state index is 11.8. The summed E-state index contributed by atoms with van der Waals surface area (Å²) >= 11 is 0. The van der Waals surface area contributed by atoms with Crippen molar-refractivity contribution in [2.24, 2.45) is 0 Å². The minimum Gasteiger partial charge on any atom is -0.480 e. The van der Waals surface area contributed by atoms with E-state index in [1.54, 1.807) is 0 Å². The summed E-state index contributed by atoms with van der Waals surface area (Å²) in [5.74, 6) is 1.38. The number of carbonyl (C=O) groups excluding carboxylic acids is 1. The molecule has 3 N–H and O–H groups in total. The van der Waals surface area contributed by atoms with Gasteiger partial charge in [0.2, 0.25) is 0 Å². The summed E-state index contributed by atoms with van der Waals surface area (Å²) in [5, 5.41) is 14.2. The van der Waals surface area contributed by atoms with Crippen LogP contribution in [0.2, 0.25) is 0 Å². The van der Waals surface area contributed by atoms with E-state index in [0.717, 1.165) is 12.0 Å². The first kappa shape index (κ1) is 16.6. The molecule has 2 atom stereocenters. The molecular formula is C16H20N2O3. The number of terminal acetylenes is 1. The zero-order valence-electron chi connectivity index (χ0n) is 12.0. The van der Waals surface area contributed by atoms with Gasteiger partial charge in [0.25, 0.3) is 0 Å². The average Bonchev–Trinajstić information content (AvgIpc) is 2.47. The molecule has 5 nitrogen and oxygen atoms in total. The maximum atomic E-state index is 11.8. The summed E-state index contributed by atoms with van der Waals surface area (Å²) in [5.41, 5.74) is 0.840. The van der Waals surface area contributed by atoms with Crippen LogP contribution in [0.3, 0.4) is 0 Å². The van der Waals surface area contributed by atoms with E-state index < -0.39 is 18.0 Å². The lowest BCUT2D eigenvalue weighted by Crippen LogP contribution is -2.49. The number of carbonyl (C=O) groups is 2. The Morgan fingerprint density at radius 1 is 1.29 bits per heavy atom. The number of benzene rings is 1. The predicted molar refractivity (Wildman–Crippen MR) is 80.8 cm³/mol. The summed E-state index contributed by atoms with van der Waals surface area (Å²) in [6.07, 6.45) is 7.02. The second kappa shape index (κ2) is 8.64. The molecule has 2 amide bonds. The van der Waals surface area contributed by atoms with Gasteiger partial charge >= 0.3 is 12.0 Å². The number of carboxylic acid groups (broad SMARTS) is 1. The Labute approximate surface area is 124 Å². The van der Waals surface area contributed by atoms with Crippen LogP contribution in [0.4, 0.5) is 4.79 Å². The van der Waals surface area contributed by atoms with Crippen molar-refractivity contribution >= 4 is 12.0 Å². The van der Waals surface area contributed by atoms with E-state index in [1.165, 1.54) is 0 Å². The monoisotopic (exact) mass is 288 g/mol. The lowest BCUT2D eigenvalue weighted by atomic mass is 10.1. The van der Waals surface area contributed by atoms with Crippen LogP contribution in [0, 0.1) is 12.3 Å². The molecule has 21 heavy (non-hydrogen) atoms. The number of urea groups is 1. The molecule has 1 aromatic carbocycles. The van der Waals surface area contributed by atoms with Gasteiger partial charge in [0.1, 0.15) is 6.04 Å². The van der Waals surface area contributed by atoms with Gasteiger partial charge in [0.15, 0.2) is 0 Å². The summed E-state index contributed by atoms with van der Waals surface area (Å²) in [7, 11) is 0. The predicted octanol–water partition coefficient (Wildman–Crippen LogP) is 1.78. The second-order valence-corrected chi connectivity index (χ2v) is 4.71.